The van der Waals surface area contributed by atoms with E-state index in [4.69, 9.17) is 10.5 Å². The fraction of sp³-hybridized carbons (Fsp3) is 0.323. The molecular formula is C31H35FN4O3. The SMILES string of the molecule is CC(C)C1(C)CC(=O)N(Cc2cc(F)cc(C(=O)NC(COCc3ccccc3)c3ccccc3)c2)C(N)=N1. The zero-order valence-corrected chi connectivity index (χ0v) is 22.6. The molecular weight excluding hydrogens is 495 g/mol. The molecule has 0 radical (unpaired) electrons. The van der Waals surface area contributed by atoms with Crippen LogP contribution in [0.25, 0.3) is 0 Å². The Labute approximate surface area is 228 Å². The van der Waals surface area contributed by atoms with Crippen LogP contribution < -0.4 is 11.1 Å². The Morgan fingerprint density at radius 3 is 2.38 bits per heavy atom. The van der Waals surface area contributed by atoms with Crippen molar-refractivity contribution in [1.82, 2.24) is 10.2 Å². The Morgan fingerprint density at radius 2 is 1.74 bits per heavy atom. The van der Waals surface area contributed by atoms with Gasteiger partial charge in [0.15, 0.2) is 5.96 Å². The van der Waals surface area contributed by atoms with E-state index in [-0.39, 0.29) is 42.9 Å². The van der Waals surface area contributed by atoms with Crippen molar-refractivity contribution >= 4 is 17.8 Å². The Balaban J connectivity index is 1.49. The van der Waals surface area contributed by atoms with Crippen molar-refractivity contribution in [3.05, 3.63) is 107 Å². The number of aliphatic imine (C=N–C) groups is 1. The van der Waals surface area contributed by atoms with Crippen molar-refractivity contribution in [2.24, 2.45) is 16.6 Å². The quantitative estimate of drug-likeness (QED) is 0.387. The van der Waals surface area contributed by atoms with Gasteiger partial charge in [0.1, 0.15) is 5.82 Å². The van der Waals surface area contributed by atoms with Gasteiger partial charge in [-0.05, 0) is 47.7 Å². The summed E-state index contributed by atoms with van der Waals surface area (Å²) in [5, 5.41) is 2.98. The second-order valence-corrected chi connectivity index (χ2v) is 10.4. The van der Waals surface area contributed by atoms with Gasteiger partial charge in [0.05, 0.1) is 37.8 Å². The van der Waals surface area contributed by atoms with Gasteiger partial charge in [0.2, 0.25) is 5.91 Å². The standard InChI is InChI=1S/C31H35FN4O3/c1-21(2)31(3)17-28(37)36(30(33)35-31)18-23-14-25(16-26(32)15-23)29(38)34-27(24-12-8-5-9-13-24)20-39-19-22-10-6-4-7-11-22/h4-16,21,27H,17-20H2,1-3H3,(H2,33,35)(H,34,38). The van der Waals surface area contributed by atoms with Gasteiger partial charge in [-0.1, -0.05) is 74.5 Å². The first-order chi connectivity index (χ1) is 18.6. The van der Waals surface area contributed by atoms with Gasteiger partial charge in [0, 0.05) is 5.56 Å². The van der Waals surface area contributed by atoms with Crippen LogP contribution in [-0.2, 0) is 22.7 Å². The molecule has 0 fully saturated rings. The molecule has 2 amide bonds. The molecule has 0 aliphatic carbocycles. The van der Waals surface area contributed by atoms with Crippen molar-refractivity contribution in [1.29, 1.82) is 0 Å². The number of ether oxygens (including phenoxy) is 1. The molecule has 1 aliphatic rings. The molecule has 3 N–H and O–H groups in total. The lowest BCUT2D eigenvalue weighted by Crippen LogP contribution is -2.51. The van der Waals surface area contributed by atoms with Crippen molar-refractivity contribution in [3.8, 4) is 0 Å². The Kier molecular flexibility index (Phi) is 8.76. The maximum Gasteiger partial charge on any atom is 0.251 e. The lowest BCUT2D eigenvalue weighted by molar-refractivity contribution is -0.130. The van der Waals surface area contributed by atoms with E-state index >= 15 is 0 Å². The highest BCUT2D eigenvalue weighted by Crippen LogP contribution is 2.30. The molecule has 4 rings (SSSR count). The van der Waals surface area contributed by atoms with Crippen molar-refractivity contribution in [3.63, 3.8) is 0 Å². The van der Waals surface area contributed by atoms with Crippen molar-refractivity contribution in [2.45, 2.75) is 51.9 Å². The predicted octanol–water partition coefficient (Wildman–Crippen LogP) is 4.98. The Morgan fingerprint density at radius 1 is 1.08 bits per heavy atom. The van der Waals surface area contributed by atoms with Crippen LogP contribution in [0, 0.1) is 11.7 Å². The monoisotopic (exact) mass is 530 g/mol. The summed E-state index contributed by atoms with van der Waals surface area (Å²) < 4.78 is 20.6. The molecule has 3 aromatic rings. The molecule has 1 heterocycles. The topological polar surface area (TPSA) is 97.0 Å². The van der Waals surface area contributed by atoms with Crippen LogP contribution in [0.1, 0.15) is 60.3 Å². The van der Waals surface area contributed by atoms with Gasteiger partial charge in [-0.3, -0.25) is 14.5 Å². The molecule has 7 nitrogen and oxygen atoms in total. The molecule has 0 aromatic heterocycles. The smallest absolute Gasteiger partial charge is 0.251 e. The largest absolute Gasteiger partial charge is 0.374 e. The van der Waals surface area contributed by atoms with Crippen LogP contribution in [0.15, 0.2) is 83.9 Å². The number of guanidine groups is 1. The second kappa shape index (κ2) is 12.2. The molecule has 2 atom stereocenters. The summed E-state index contributed by atoms with van der Waals surface area (Å²) in [6.45, 7) is 6.53. The first-order valence-electron chi connectivity index (χ1n) is 13.1. The zero-order valence-electron chi connectivity index (χ0n) is 22.6. The molecule has 0 saturated heterocycles. The highest BCUT2D eigenvalue weighted by Gasteiger charge is 2.38. The predicted molar refractivity (Wildman–Crippen MR) is 149 cm³/mol. The maximum atomic E-state index is 14.6. The molecule has 1 aliphatic heterocycles. The number of carbonyl (C=O) groups excluding carboxylic acids is 2. The lowest BCUT2D eigenvalue weighted by atomic mass is 9.84. The third-order valence-electron chi connectivity index (χ3n) is 7.16. The van der Waals surface area contributed by atoms with Gasteiger partial charge >= 0.3 is 0 Å². The van der Waals surface area contributed by atoms with Gasteiger partial charge in [-0.2, -0.15) is 0 Å². The molecule has 8 heteroatoms. The van der Waals surface area contributed by atoms with E-state index in [9.17, 15) is 14.0 Å². The van der Waals surface area contributed by atoms with E-state index in [1.165, 1.54) is 17.0 Å². The van der Waals surface area contributed by atoms with Crippen LogP contribution in [-0.4, -0.2) is 34.8 Å². The van der Waals surface area contributed by atoms with Crippen molar-refractivity contribution in [2.75, 3.05) is 6.61 Å². The minimum atomic E-state index is -0.584. The van der Waals surface area contributed by atoms with Crippen LogP contribution in [0.3, 0.4) is 0 Å². The van der Waals surface area contributed by atoms with E-state index in [1.54, 1.807) is 6.07 Å². The van der Waals surface area contributed by atoms with Crippen LogP contribution in [0.5, 0.6) is 0 Å². The van der Waals surface area contributed by atoms with E-state index < -0.39 is 23.3 Å². The minimum Gasteiger partial charge on any atom is -0.374 e. The minimum absolute atomic E-state index is 0.0166. The van der Waals surface area contributed by atoms with E-state index in [2.05, 4.69) is 10.3 Å². The number of nitrogens with two attached hydrogens (primary N) is 1. The number of nitrogens with zero attached hydrogens (tertiary/aromatic N) is 2. The molecule has 204 valence electrons. The normalized spacial score (nSPS) is 18.1. The van der Waals surface area contributed by atoms with Gasteiger partial charge < -0.3 is 15.8 Å². The van der Waals surface area contributed by atoms with Crippen molar-refractivity contribution < 1.29 is 18.7 Å². The Hall–Kier alpha value is -4.04. The summed E-state index contributed by atoms with van der Waals surface area (Å²) in [6, 6.07) is 22.8. The van der Waals surface area contributed by atoms with Gasteiger partial charge in [-0.25, -0.2) is 9.38 Å². The fourth-order valence-corrected chi connectivity index (χ4v) is 4.47. The molecule has 0 bridgehead atoms. The summed E-state index contributed by atoms with van der Waals surface area (Å²) in [6.07, 6.45) is 0.204. The molecule has 2 unspecified atom stereocenters. The molecule has 0 spiro atoms. The summed E-state index contributed by atoms with van der Waals surface area (Å²) >= 11 is 0. The third-order valence-corrected chi connectivity index (χ3v) is 7.16. The highest BCUT2D eigenvalue weighted by atomic mass is 19.1. The summed E-state index contributed by atoms with van der Waals surface area (Å²) in [4.78, 5) is 32.1. The van der Waals surface area contributed by atoms with E-state index in [1.807, 2.05) is 81.4 Å². The van der Waals surface area contributed by atoms with Crippen LogP contribution in [0.4, 0.5) is 4.39 Å². The zero-order chi connectivity index (χ0) is 28.0. The number of nitrogens with one attached hydrogen (secondary N) is 1. The summed E-state index contributed by atoms with van der Waals surface area (Å²) in [5.41, 5.74) is 8.04. The molecule has 39 heavy (non-hydrogen) atoms. The van der Waals surface area contributed by atoms with Crippen LogP contribution >= 0.6 is 0 Å². The van der Waals surface area contributed by atoms with Crippen LogP contribution in [0.2, 0.25) is 0 Å². The number of rotatable bonds is 10. The maximum absolute atomic E-state index is 14.6. The Bertz CT molecular complexity index is 1330. The summed E-state index contributed by atoms with van der Waals surface area (Å²) in [5.74, 6) is -1.000. The number of hydrogen-bond acceptors (Lipinski definition) is 5. The number of carbonyl (C=O) groups is 2. The molecule has 0 saturated carbocycles. The number of hydrogen-bond donors (Lipinski definition) is 2. The second-order valence-electron chi connectivity index (χ2n) is 10.4. The summed E-state index contributed by atoms with van der Waals surface area (Å²) in [7, 11) is 0. The van der Waals surface area contributed by atoms with Gasteiger partial charge in [-0.15, -0.1) is 0 Å². The first kappa shape index (κ1) is 28.0. The number of halogens is 1. The number of amides is 2. The van der Waals surface area contributed by atoms with E-state index in [0.29, 0.717) is 12.2 Å². The molecule has 3 aromatic carbocycles. The number of benzene rings is 3. The highest BCUT2D eigenvalue weighted by molar-refractivity contribution is 5.99. The van der Waals surface area contributed by atoms with Gasteiger partial charge in [0.25, 0.3) is 5.91 Å². The van der Waals surface area contributed by atoms with E-state index in [0.717, 1.165) is 11.1 Å². The average molecular weight is 531 g/mol. The lowest BCUT2D eigenvalue weighted by Gasteiger charge is -2.37. The fourth-order valence-electron chi connectivity index (χ4n) is 4.47. The average Bonchev–Trinajstić information content (AvgIpc) is 2.91. The third kappa shape index (κ3) is 7.09. The first-order valence-corrected chi connectivity index (χ1v) is 13.1.